The topological polar surface area (TPSA) is 99.0 Å². The van der Waals surface area contributed by atoms with Gasteiger partial charge in [0.2, 0.25) is 5.91 Å². The monoisotopic (exact) mass is 494 g/mol. The van der Waals surface area contributed by atoms with Crippen LogP contribution in [0.1, 0.15) is 32.8 Å². The molecule has 2 rings (SSSR count). The molecule has 1 amide bonds. The van der Waals surface area contributed by atoms with Gasteiger partial charge >= 0.3 is 5.97 Å². The number of benzene rings is 1. The first-order valence-corrected chi connectivity index (χ1v) is 14.9. The number of nitrogens with zero attached hydrogens (tertiary/aromatic N) is 2. The number of hydrogen-bond donors (Lipinski definition) is 0. The zero-order valence-electron chi connectivity index (χ0n) is 20.0. The maximum atomic E-state index is 12.8. The van der Waals surface area contributed by atoms with E-state index < -0.39 is 19.2 Å². The van der Waals surface area contributed by atoms with Gasteiger partial charge in [0, 0.05) is 24.5 Å². The molecule has 0 spiro atoms. The highest BCUT2D eigenvalue weighted by Crippen LogP contribution is 2.39. The Morgan fingerprint density at radius 3 is 2.48 bits per heavy atom. The van der Waals surface area contributed by atoms with Gasteiger partial charge in [0.25, 0.3) is 5.69 Å². The lowest BCUT2D eigenvalue weighted by Gasteiger charge is -2.46. The summed E-state index contributed by atoms with van der Waals surface area (Å²) in [5, 5.41) is 10.7. The van der Waals surface area contributed by atoms with Crippen LogP contribution in [0, 0.1) is 16.0 Å². The van der Waals surface area contributed by atoms with Crippen LogP contribution >= 0.6 is 11.8 Å². The number of thioether (sulfide) groups is 1. The second-order valence-electron chi connectivity index (χ2n) is 9.57. The Balaban J connectivity index is 1.89. The first-order valence-electron chi connectivity index (χ1n) is 10.9. The first-order chi connectivity index (χ1) is 15.4. The van der Waals surface area contributed by atoms with Crippen LogP contribution in [0.3, 0.4) is 0 Å². The Morgan fingerprint density at radius 1 is 1.30 bits per heavy atom. The minimum absolute atomic E-state index is 0.00684. The maximum Gasteiger partial charge on any atom is 0.326 e. The number of esters is 1. The minimum atomic E-state index is -1.89. The van der Waals surface area contributed by atoms with Crippen molar-refractivity contribution in [3.8, 4) is 0 Å². The summed E-state index contributed by atoms with van der Waals surface area (Å²) in [4.78, 5) is 36.9. The average molecular weight is 495 g/mol. The van der Waals surface area contributed by atoms with Crippen LogP contribution in [0.5, 0.6) is 0 Å². The number of amides is 1. The lowest BCUT2D eigenvalue weighted by molar-refractivity contribution is -0.384. The van der Waals surface area contributed by atoms with E-state index in [1.807, 2.05) is 0 Å². The van der Waals surface area contributed by atoms with E-state index in [1.54, 1.807) is 34.9 Å². The molecular formula is C23H34N2O6SSi. The predicted octanol–water partition coefficient (Wildman–Crippen LogP) is 4.75. The Kier molecular flexibility index (Phi) is 9.27. The van der Waals surface area contributed by atoms with Crippen LogP contribution < -0.4 is 0 Å². The number of carbonyl (C=O) groups excluding carboxylic acids is 2. The highest BCUT2D eigenvalue weighted by Gasteiger charge is 2.48. The Labute approximate surface area is 201 Å². The molecule has 1 aromatic rings. The summed E-state index contributed by atoms with van der Waals surface area (Å²) in [7, 11) is -1.89. The summed E-state index contributed by atoms with van der Waals surface area (Å²) in [5.41, 5.74) is 0.615. The molecule has 8 nitrogen and oxygen atoms in total. The summed E-state index contributed by atoms with van der Waals surface area (Å²) in [6, 6.07) is 5.81. The summed E-state index contributed by atoms with van der Waals surface area (Å²) >= 11 is 1.58. The molecule has 0 bridgehead atoms. The molecule has 1 aliphatic heterocycles. The molecule has 0 saturated carbocycles. The van der Waals surface area contributed by atoms with Gasteiger partial charge in [0.1, 0.15) is 13.2 Å². The smallest absolute Gasteiger partial charge is 0.326 e. The molecule has 1 heterocycles. The molecule has 182 valence electrons. The van der Waals surface area contributed by atoms with Crippen molar-refractivity contribution < 1.29 is 23.7 Å². The molecule has 0 unspecified atom stereocenters. The van der Waals surface area contributed by atoms with Gasteiger partial charge in [0.05, 0.1) is 16.2 Å². The highest BCUT2D eigenvalue weighted by molar-refractivity contribution is 8.00. The number of nitro groups is 1. The van der Waals surface area contributed by atoms with Crippen molar-refractivity contribution in [2.75, 3.05) is 18.9 Å². The molecule has 0 radical (unpaired) electrons. The molecule has 0 aromatic heterocycles. The largest absolute Gasteiger partial charge is 0.459 e. The quantitative estimate of drug-likeness (QED) is 0.103. The SMILES string of the molecule is C=CCS[C@@H]1[C@@H](CCO[Si](C)(C)C(C)(C)C)C(=O)N1CC(=O)OCc1ccc([N+](=O)[O-])cc1. The van der Waals surface area contributed by atoms with Crippen LogP contribution in [0.15, 0.2) is 36.9 Å². The van der Waals surface area contributed by atoms with Gasteiger partial charge in [-0.1, -0.05) is 26.8 Å². The molecule has 1 aliphatic rings. The molecule has 1 aromatic carbocycles. The van der Waals surface area contributed by atoms with Crippen molar-refractivity contribution in [2.45, 2.75) is 57.3 Å². The van der Waals surface area contributed by atoms with E-state index in [2.05, 4.69) is 40.4 Å². The van der Waals surface area contributed by atoms with Gasteiger partial charge in [-0.15, -0.1) is 18.3 Å². The molecule has 1 fully saturated rings. The second kappa shape index (κ2) is 11.3. The lowest BCUT2D eigenvalue weighted by atomic mass is 9.95. The Morgan fingerprint density at radius 2 is 1.94 bits per heavy atom. The maximum absolute atomic E-state index is 12.8. The first kappa shape index (κ1) is 27.1. The van der Waals surface area contributed by atoms with E-state index in [9.17, 15) is 19.7 Å². The number of hydrogen-bond acceptors (Lipinski definition) is 7. The van der Waals surface area contributed by atoms with Crippen molar-refractivity contribution in [3.05, 3.63) is 52.6 Å². The van der Waals surface area contributed by atoms with Crippen molar-refractivity contribution in [3.63, 3.8) is 0 Å². The van der Waals surface area contributed by atoms with E-state index in [1.165, 1.54) is 12.1 Å². The van der Waals surface area contributed by atoms with Gasteiger partial charge in [-0.3, -0.25) is 19.7 Å². The third-order valence-electron chi connectivity index (χ3n) is 6.18. The molecule has 1 saturated heterocycles. The molecule has 2 atom stereocenters. The predicted molar refractivity (Wildman–Crippen MR) is 132 cm³/mol. The van der Waals surface area contributed by atoms with E-state index in [0.717, 1.165) is 0 Å². The van der Waals surface area contributed by atoms with Crippen molar-refractivity contribution in [1.29, 1.82) is 0 Å². The van der Waals surface area contributed by atoms with Crippen molar-refractivity contribution in [1.82, 2.24) is 4.90 Å². The van der Waals surface area contributed by atoms with Gasteiger partial charge in [-0.2, -0.15) is 0 Å². The van der Waals surface area contributed by atoms with E-state index in [4.69, 9.17) is 9.16 Å². The fourth-order valence-electron chi connectivity index (χ4n) is 3.12. The minimum Gasteiger partial charge on any atom is -0.459 e. The molecule has 33 heavy (non-hydrogen) atoms. The summed E-state index contributed by atoms with van der Waals surface area (Å²) in [6.07, 6.45) is 2.40. The number of likely N-dealkylation sites (tertiary alicyclic amines) is 1. The number of β-lactam (4-membered cyclic amide) rings is 1. The average Bonchev–Trinajstić information content (AvgIpc) is 2.74. The number of carbonyl (C=O) groups is 2. The lowest BCUT2D eigenvalue weighted by Crippen LogP contribution is -2.61. The summed E-state index contributed by atoms with van der Waals surface area (Å²) in [5.74, 6) is -0.0990. The molecular weight excluding hydrogens is 460 g/mol. The van der Waals surface area contributed by atoms with Crippen molar-refractivity contribution >= 4 is 37.6 Å². The van der Waals surface area contributed by atoms with Crippen LogP contribution in [0.25, 0.3) is 0 Å². The summed E-state index contributed by atoms with van der Waals surface area (Å²) in [6.45, 7) is 15.1. The third kappa shape index (κ3) is 7.15. The van der Waals surface area contributed by atoms with Crippen LogP contribution in [0.4, 0.5) is 5.69 Å². The van der Waals surface area contributed by atoms with Gasteiger partial charge < -0.3 is 14.1 Å². The zero-order valence-corrected chi connectivity index (χ0v) is 21.9. The molecule has 0 N–H and O–H groups in total. The van der Waals surface area contributed by atoms with Crippen LogP contribution in [-0.4, -0.2) is 54.3 Å². The third-order valence-corrected chi connectivity index (χ3v) is 12.1. The van der Waals surface area contributed by atoms with Gasteiger partial charge in [-0.25, -0.2) is 0 Å². The number of ether oxygens (including phenoxy) is 1. The molecule has 0 aliphatic carbocycles. The summed E-state index contributed by atoms with van der Waals surface area (Å²) < 4.78 is 11.5. The fourth-order valence-corrected chi connectivity index (χ4v) is 5.36. The standard InChI is InChI=1S/C23H34N2O6SSi/c1-7-14-32-22-19(12-13-31-33(5,6)23(2,3)4)21(27)24(22)15-20(26)30-16-17-8-10-18(11-9-17)25(28)29/h7-11,19,22H,1,12-16H2,2-6H3/t19-,22+/m0/s1. The van der Waals surface area contributed by atoms with E-state index in [-0.39, 0.29) is 41.1 Å². The Hall–Kier alpha value is -2.17. The zero-order chi connectivity index (χ0) is 24.8. The van der Waals surface area contributed by atoms with Gasteiger partial charge in [-0.05, 0) is 42.2 Å². The van der Waals surface area contributed by atoms with E-state index in [0.29, 0.717) is 24.3 Å². The number of nitro benzene ring substituents is 1. The Bertz CT molecular complexity index is 869. The van der Waals surface area contributed by atoms with Gasteiger partial charge in [0.15, 0.2) is 8.32 Å². The molecule has 10 heteroatoms. The van der Waals surface area contributed by atoms with Crippen LogP contribution in [-0.2, 0) is 25.4 Å². The fraction of sp³-hybridized carbons (Fsp3) is 0.565. The van der Waals surface area contributed by atoms with Crippen molar-refractivity contribution in [2.24, 2.45) is 5.92 Å². The number of non-ortho nitro benzene ring substituents is 1. The number of rotatable bonds is 12. The normalized spacial score (nSPS) is 18.6. The highest BCUT2D eigenvalue weighted by atomic mass is 32.2. The second-order valence-corrected chi connectivity index (χ2v) is 15.5. The van der Waals surface area contributed by atoms with Crippen LogP contribution in [0.2, 0.25) is 18.1 Å². The van der Waals surface area contributed by atoms with E-state index >= 15 is 0 Å².